The van der Waals surface area contributed by atoms with Crippen LogP contribution in [-0.4, -0.2) is 29.6 Å². The summed E-state index contributed by atoms with van der Waals surface area (Å²) in [5.41, 5.74) is 0. The lowest BCUT2D eigenvalue weighted by Crippen LogP contribution is -2.19. The van der Waals surface area contributed by atoms with E-state index in [9.17, 15) is 9.59 Å². The van der Waals surface area contributed by atoms with Crippen molar-refractivity contribution in [2.45, 2.75) is 33.8 Å². The first-order valence-corrected chi connectivity index (χ1v) is 3.73. The number of hydrogen-bond donors (Lipinski definition) is 1. The minimum atomic E-state index is -0.910. The zero-order valence-electron chi connectivity index (χ0n) is 7.96. The summed E-state index contributed by atoms with van der Waals surface area (Å²) in [7, 11) is 0. The van der Waals surface area contributed by atoms with E-state index in [4.69, 9.17) is 9.84 Å². The second-order valence-electron chi connectivity index (χ2n) is 2.34. The molecule has 72 valence electrons. The van der Waals surface area contributed by atoms with Crippen molar-refractivity contribution in [1.29, 1.82) is 0 Å². The second-order valence-corrected chi connectivity index (χ2v) is 2.34. The normalized spacial score (nSPS) is 11.0. The Morgan fingerprint density at radius 2 is 1.75 bits per heavy atom. The number of ketones is 1. The maximum atomic E-state index is 9.96. The summed E-state index contributed by atoms with van der Waals surface area (Å²) < 4.78 is 4.70. The molecular weight excluding hydrogens is 160 g/mol. The molecular formula is C8H16O4. The van der Waals surface area contributed by atoms with Gasteiger partial charge in [0.15, 0.2) is 6.10 Å². The zero-order chi connectivity index (χ0) is 10.1. The number of carbonyl (C=O) groups is 2. The van der Waals surface area contributed by atoms with Gasteiger partial charge in [-0.3, -0.25) is 0 Å². The van der Waals surface area contributed by atoms with E-state index in [0.29, 0.717) is 6.61 Å². The van der Waals surface area contributed by atoms with Crippen LogP contribution in [0.1, 0.15) is 27.7 Å². The molecule has 1 N–H and O–H groups in total. The largest absolute Gasteiger partial charge is 0.479 e. The van der Waals surface area contributed by atoms with E-state index in [-0.39, 0.29) is 5.78 Å². The first kappa shape index (κ1) is 13.7. The van der Waals surface area contributed by atoms with Gasteiger partial charge in [-0.25, -0.2) is 4.79 Å². The summed E-state index contributed by atoms with van der Waals surface area (Å²) in [4.78, 5) is 19.4. The van der Waals surface area contributed by atoms with Crippen molar-refractivity contribution in [1.82, 2.24) is 0 Å². The Balaban J connectivity index is 0. The lowest BCUT2D eigenvalue weighted by molar-refractivity contribution is -0.148. The molecule has 0 aromatic rings. The van der Waals surface area contributed by atoms with E-state index < -0.39 is 12.1 Å². The molecule has 0 aromatic heterocycles. The zero-order valence-corrected chi connectivity index (χ0v) is 7.96. The number of carboxylic acid groups (broad SMARTS) is 1. The molecule has 0 aliphatic rings. The maximum Gasteiger partial charge on any atom is 0.332 e. The molecule has 0 heterocycles. The lowest BCUT2D eigenvalue weighted by Gasteiger charge is -2.03. The fourth-order valence-electron chi connectivity index (χ4n) is 0.321. The Hall–Kier alpha value is -0.900. The molecule has 12 heavy (non-hydrogen) atoms. The van der Waals surface area contributed by atoms with Gasteiger partial charge in [0.2, 0.25) is 0 Å². The molecule has 0 radical (unpaired) electrons. The number of carbonyl (C=O) groups excluding carboxylic acids is 1. The van der Waals surface area contributed by atoms with Crippen molar-refractivity contribution in [2.75, 3.05) is 6.61 Å². The average Bonchev–Trinajstić information content (AvgIpc) is 1.86. The van der Waals surface area contributed by atoms with Gasteiger partial charge in [-0.15, -0.1) is 0 Å². The van der Waals surface area contributed by atoms with Crippen molar-refractivity contribution in [3.8, 4) is 0 Å². The van der Waals surface area contributed by atoms with E-state index in [1.165, 1.54) is 20.8 Å². The summed E-state index contributed by atoms with van der Waals surface area (Å²) >= 11 is 0. The Bertz CT molecular complexity index is 138. The predicted molar refractivity (Wildman–Crippen MR) is 45.1 cm³/mol. The van der Waals surface area contributed by atoms with Crippen LogP contribution < -0.4 is 0 Å². The van der Waals surface area contributed by atoms with Gasteiger partial charge in [0.25, 0.3) is 0 Å². The van der Waals surface area contributed by atoms with Crippen LogP contribution in [-0.2, 0) is 14.3 Å². The molecule has 0 amide bonds. The summed E-state index contributed by atoms with van der Waals surface area (Å²) in [6.07, 6.45) is -0.667. The molecule has 0 saturated heterocycles. The van der Waals surface area contributed by atoms with Crippen molar-refractivity contribution in [3.05, 3.63) is 0 Å². The summed E-state index contributed by atoms with van der Waals surface area (Å²) in [6, 6.07) is 0. The Morgan fingerprint density at radius 1 is 1.42 bits per heavy atom. The topological polar surface area (TPSA) is 63.6 Å². The maximum absolute atomic E-state index is 9.96. The van der Waals surface area contributed by atoms with Gasteiger partial charge in [-0.1, -0.05) is 0 Å². The highest BCUT2D eigenvalue weighted by Crippen LogP contribution is 1.87. The van der Waals surface area contributed by atoms with Crippen LogP contribution in [0.2, 0.25) is 0 Å². The SMILES string of the molecule is CC(C)=O.CCOC(C)C(=O)O. The molecule has 0 fully saturated rings. The van der Waals surface area contributed by atoms with Gasteiger partial charge < -0.3 is 14.6 Å². The Morgan fingerprint density at radius 3 is 1.83 bits per heavy atom. The summed E-state index contributed by atoms with van der Waals surface area (Å²) in [6.45, 7) is 6.78. The lowest BCUT2D eigenvalue weighted by atomic mass is 10.4. The minimum Gasteiger partial charge on any atom is -0.479 e. The smallest absolute Gasteiger partial charge is 0.332 e. The molecule has 4 heteroatoms. The van der Waals surface area contributed by atoms with Gasteiger partial charge in [0, 0.05) is 6.61 Å². The minimum absolute atomic E-state index is 0.167. The monoisotopic (exact) mass is 176 g/mol. The standard InChI is InChI=1S/C5H10O3.C3H6O/c1-3-8-4(2)5(6)7;1-3(2)4/h4H,3H2,1-2H3,(H,6,7);1-2H3. The van der Waals surface area contributed by atoms with Crippen LogP contribution in [0.25, 0.3) is 0 Å². The second kappa shape index (κ2) is 8.20. The first-order valence-electron chi connectivity index (χ1n) is 3.73. The number of rotatable bonds is 3. The van der Waals surface area contributed by atoms with Gasteiger partial charge in [-0.2, -0.15) is 0 Å². The predicted octanol–water partition coefficient (Wildman–Crippen LogP) is 1.09. The number of hydrogen-bond acceptors (Lipinski definition) is 3. The molecule has 0 aliphatic carbocycles. The number of aliphatic carboxylic acids is 1. The molecule has 0 aromatic carbocycles. The third-order valence-corrected chi connectivity index (χ3v) is 0.764. The van der Waals surface area contributed by atoms with Crippen molar-refractivity contribution in [3.63, 3.8) is 0 Å². The van der Waals surface area contributed by atoms with Crippen molar-refractivity contribution >= 4 is 11.8 Å². The van der Waals surface area contributed by atoms with E-state index in [2.05, 4.69) is 0 Å². The highest BCUT2D eigenvalue weighted by molar-refractivity contribution is 5.72. The van der Waals surface area contributed by atoms with Crippen LogP contribution in [0.3, 0.4) is 0 Å². The van der Waals surface area contributed by atoms with E-state index in [1.54, 1.807) is 6.92 Å². The highest BCUT2D eigenvalue weighted by Gasteiger charge is 2.07. The van der Waals surface area contributed by atoms with Gasteiger partial charge in [0.05, 0.1) is 0 Å². The molecule has 1 atom stereocenters. The highest BCUT2D eigenvalue weighted by atomic mass is 16.5. The number of ether oxygens (including phenoxy) is 1. The molecule has 0 spiro atoms. The summed E-state index contributed by atoms with van der Waals surface area (Å²) in [5.74, 6) is -0.744. The van der Waals surface area contributed by atoms with Crippen LogP contribution in [0.15, 0.2) is 0 Å². The number of Topliss-reactive ketones (excluding diaryl/α,β-unsaturated/α-hetero) is 1. The van der Waals surface area contributed by atoms with Crippen LogP contribution in [0.5, 0.6) is 0 Å². The Kier molecular flexibility index (Phi) is 9.34. The molecule has 0 aliphatic heterocycles. The first-order chi connectivity index (χ1) is 5.41. The third-order valence-electron chi connectivity index (χ3n) is 0.764. The number of carboxylic acids is 1. The van der Waals surface area contributed by atoms with Crippen LogP contribution in [0, 0.1) is 0 Å². The van der Waals surface area contributed by atoms with E-state index >= 15 is 0 Å². The molecule has 0 rings (SSSR count). The van der Waals surface area contributed by atoms with Gasteiger partial charge >= 0.3 is 5.97 Å². The fraction of sp³-hybridized carbons (Fsp3) is 0.750. The molecule has 1 unspecified atom stereocenters. The van der Waals surface area contributed by atoms with Gasteiger partial charge in [-0.05, 0) is 27.7 Å². The van der Waals surface area contributed by atoms with Crippen molar-refractivity contribution < 1.29 is 19.4 Å². The molecule has 0 bridgehead atoms. The Labute approximate surface area is 72.5 Å². The van der Waals surface area contributed by atoms with E-state index in [1.807, 2.05) is 0 Å². The average molecular weight is 176 g/mol. The molecule has 4 nitrogen and oxygen atoms in total. The van der Waals surface area contributed by atoms with E-state index in [0.717, 1.165) is 0 Å². The third kappa shape index (κ3) is 16.0. The van der Waals surface area contributed by atoms with Crippen LogP contribution in [0.4, 0.5) is 0 Å². The quantitative estimate of drug-likeness (QED) is 0.699. The van der Waals surface area contributed by atoms with Crippen molar-refractivity contribution in [2.24, 2.45) is 0 Å². The summed E-state index contributed by atoms with van der Waals surface area (Å²) in [5, 5.41) is 8.19. The fourth-order valence-corrected chi connectivity index (χ4v) is 0.321. The molecule has 0 saturated carbocycles. The van der Waals surface area contributed by atoms with Crippen LogP contribution >= 0.6 is 0 Å². The van der Waals surface area contributed by atoms with Gasteiger partial charge in [0.1, 0.15) is 5.78 Å².